The number of rotatable bonds is 8. The fourth-order valence-electron chi connectivity index (χ4n) is 4.95. The maximum absolute atomic E-state index is 12.7. The summed E-state index contributed by atoms with van der Waals surface area (Å²) in [4.78, 5) is 12.7. The van der Waals surface area contributed by atoms with E-state index in [2.05, 4.69) is 36.5 Å². The molecule has 0 bridgehead atoms. The Labute approximate surface area is 193 Å². The van der Waals surface area contributed by atoms with Crippen LogP contribution in [0.2, 0.25) is 0 Å². The van der Waals surface area contributed by atoms with Gasteiger partial charge in [-0.25, -0.2) is 0 Å². The third-order valence-corrected chi connectivity index (χ3v) is 6.96. The first-order valence-corrected chi connectivity index (χ1v) is 12.3. The van der Waals surface area contributed by atoms with Crippen LogP contribution in [-0.4, -0.2) is 5.91 Å². The number of amides is 1. The monoisotopic (exact) mass is 425 g/mol. The van der Waals surface area contributed by atoms with Gasteiger partial charge < -0.3 is 5.32 Å². The molecule has 1 N–H and O–H groups in total. The fourth-order valence-corrected chi connectivity index (χ4v) is 4.95. The van der Waals surface area contributed by atoms with E-state index < -0.39 is 0 Å². The molecule has 1 amide bonds. The second-order valence-electron chi connectivity index (χ2n) is 9.23. The van der Waals surface area contributed by atoms with Crippen molar-refractivity contribution in [2.75, 3.05) is 5.32 Å². The van der Waals surface area contributed by atoms with Gasteiger partial charge in [-0.15, -0.1) is 0 Å². The van der Waals surface area contributed by atoms with Crippen LogP contribution in [0.25, 0.3) is 11.1 Å². The van der Waals surface area contributed by atoms with Crippen LogP contribution in [0.3, 0.4) is 0 Å². The highest BCUT2D eigenvalue weighted by atomic mass is 16.1. The molecule has 0 aromatic heterocycles. The molecule has 166 valence electrons. The second-order valence-corrected chi connectivity index (χ2v) is 9.23. The Morgan fingerprint density at radius 1 is 0.781 bits per heavy atom. The smallest absolute Gasteiger partial charge is 0.255 e. The van der Waals surface area contributed by atoms with Gasteiger partial charge in [0.15, 0.2) is 0 Å². The van der Waals surface area contributed by atoms with Gasteiger partial charge in [-0.05, 0) is 78.5 Å². The van der Waals surface area contributed by atoms with E-state index in [1.165, 1.54) is 62.5 Å². The van der Waals surface area contributed by atoms with E-state index >= 15 is 0 Å². The topological polar surface area (TPSA) is 29.1 Å². The molecule has 0 heterocycles. The molecule has 2 heteroatoms. The zero-order valence-electron chi connectivity index (χ0n) is 19.2. The normalized spacial score (nSPS) is 18.3. The van der Waals surface area contributed by atoms with Crippen LogP contribution in [0.4, 0.5) is 5.69 Å². The van der Waals surface area contributed by atoms with Crippen molar-refractivity contribution in [1.82, 2.24) is 0 Å². The highest BCUT2D eigenvalue weighted by molar-refractivity contribution is 6.04. The lowest BCUT2D eigenvalue weighted by Gasteiger charge is -2.29. The van der Waals surface area contributed by atoms with Crippen LogP contribution in [-0.2, 0) is 0 Å². The molecular formula is C30H35NO. The van der Waals surface area contributed by atoms with Gasteiger partial charge in [-0.2, -0.15) is 0 Å². The predicted molar refractivity (Wildman–Crippen MR) is 135 cm³/mol. The zero-order valence-corrected chi connectivity index (χ0v) is 19.2. The summed E-state index contributed by atoms with van der Waals surface area (Å²) in [6.07, 6.45) is 10.8. The standard InChI is InChI=1S/C30H35NO/c1-2-3-5-8-23-11-13-25(14-12-23)26-15-17-28(18-16-26)30(32)31-29-21-19-27(20-22-29)24-9-6-4-7-10-24/h4,6-7,9-10,15-23,25H,2-3,5,8,11-14H2,1H3,(H,31,32). The Kier molecular flexibility index (Phi) is 7.77. The maximum atomic E-state index is 12.7. The first-order chi connectivity index (χ1) is 15.7. The van der Waals surface area contributed by atoms with Crippen molar-refractivity contribution in [1.29, 1.82) is 0 Å². The number of carbonyl (C=O) groups is 1. The van der Waals surface area contributed by atoms with Crippen molar-refractivity contribution in [3.8, 4) is 11.1 Å². The molecule has 0 aliphatic heterocycles. The molecule has 3 aromatic rings. The Morgan fingerprint density at radius 2 is 1.44 bits per heavy atom. The van der Waals surface area contributed by atoms with E-state index in [1.807, 2.05) is 54.6 Å². The largest absolute Gasteiger partial charge is 0.322 e. The minimum atomic E-state index is -0.0522. The average molecular weight is 426 g/mol. The average Bonchev–Trinajstić information content (AvgIpc) is 2.86. The van der Waals surface area contributed by atoms with Crippen molar-refractivity contribution in [3.05, 3.63) is 90.0 Å². The highest BCUT2D eigenvalue weighted by Crippen LogP contribution is 2.37. The van der Waals surface area contributed by atoms with Gasteiger partial charge in [0.1, 0.15) is 0 Å². The number of hydrogen-bond acceptors (Lipinski definition) is 1. The summed E-state index contributed by atoms with van der Waals surface area (Å²) in [6.45, 7) is 2.28. The van der Waals surface area contributed by atoms with E-state index in [0.29, 0.717) is 11.5 Å². The van der Waals surface area contributed by atoms with Crippen molar-refractivity contribution in [2.45, 2.75) is 64.2 Å². The van der Waals surface area contributed by atoms with Crippen molar-refractivity contribution >= 4 is 11.6 Å². The molecule has 2 nitrogen and oxygen atoms in total. The maximum Gasteiger partial charge on any atom is 0.255 e. The van der Waals surface area contributed by atoms with Gasteiger partial charge in [0.05, 0.1) is 0 Å². The molecule has 3 aromatic carbocycles. The summed E-state index contributed by atoms with van der Waals surface area (Å²) in [5.41, 5.74) is 5.25. The minimum Gasteiger partial charge on any atom is -0.322 e. The molecule has 0 unspecified atom stereocenters. The first kappa shape index (κ1) is 22.3. The summed E-state index contributed by atoms with van der Waals surface area (Å²) in [5, 5.41) is 3.03. The highest BCUT2D eigenvalue weighted by Gasteiger charge is 2.22. The number of unbranched alkanes of at least 4 members (excludes halogenated alkanes) is 2. The predicted octanol–water partition coefficient (Wildman–Crippen LogP) is 8.46. The molecule has 0 spiro atoms. The summed E-state index contributed by atoms with van der Waals surface area (Å²) in [5.74, 6) is 1.53. The number of carbonyl (C=O) groups excluding carboxylic acids is 1. The SMILES string of the molecule is CCCCCC1CCC(c2ccc(C(=O)Nc3ccc(-c4ccccc4)cc3)cc2)CC1. The lowest BCUT2D eigenvalue weighted by Crippen LogP contribution is -2.14. The zero-order chi connectivity index (χ0) is 22.2. The summed E-state index contributed by atoms with van der Waals surface area (Å²) in [7, 11) is 0. The van der Waals surface area contributed by atoms with E-state index in [0.717, 1.165) is 17.2 Å². The third-order valence-electron chi connectivity index (χ3n) is 6.96. The summed E-state index contributed by atoms with van der Waals surface area (Å²) >= 11 is 0. The lowest BCUT2D eigenvalue weighted by atomic mass is 9.77. The van der Waals surface area contributed by atoms with E-state index in [9.17, 15) is 4.79 Å². The molecule has 0 saturated heterocycles. The Balaban J connectivity index is 1.30. The molecule has 1 fully saturated rings. The van der Waals surface area contributed by atoms with Crippen LogP contribution >= 0.6 is 0 Å². The third kappa shape index (κ3) is 5.88. The Morgan fingerprint density at radius 3 is 2.09 bits per heavy atom. The molecule has 0 radical (unpaired) electrons. The quantitative estimate of drug-likeness (QED) is 0.360. The Hall–Kier alpha value is -2.87. The van der Waals surface area contributed by atoms with E-state index in [4.69, 9.17) is 0 Å². The van der Waals surface area contributed by atoms with Gasteiger partial charge in [0, 0.05) is 11.3 Å². The van der Waals surface area contributed by atoms with Crippen molar-refractivity contribution in [3.63, 3.8) is 0 Å². The van der Waals surface area contributed by atoms with Gasteiger partial charge in [0.25, 0.3) is 5.91 Å². The fraction of sp³-hybridized carbons (Fsp3) is 0.367. The van der Waals surface area contributed by atoms with Gasteiger partial charge in [-0.1, -0.05) is 87.2 Å². The number of anilines is 1. The molecule has 32 heavy (non-hydrogen) atoms. The van der Waals surface area contributed by atoms with Crippen LogP contribution < -0.4 is 5.32 Å². The summed E-state index contributed by atoms with van der Waals surface area (Å²) in [6, 6.07) is 26.6. The van der Waals surface area contributed by atoms with E-state index in [1.54, 1.807) is 0 Å². The van der Waals surface area contributed by atoms with Crippen molar-refractivity contribution < 1.29 is 4.79 Å². The molecule has 0 atom stereocenters. The summed E-state index contributed by atoms with van der Waals surface area (Å²) < 4.78 is 0. The number of benzene rings is 3. The molecule has 1 saturated carbocycles. The lowest BCUT2D eigenvalue weighted by molar-refractivity contribution is 0.102. The van der Waals surface area contributed by atoms with Crippen LogP contribution in [0.5, 0.6) is 0 Å². The van der Waals surface area contributed by atoms with Crippen LogP contribution in [0.15, 0.2) is 78.9 Å². The van der Waals surface area contributed by atoms with Crippen LogP contribution in [0.1, 0.15) is 80.1 Å². The number of hydrogen-bond donors (Lipinski definition) is 1. The molecule has 1 aliphatic rings. The molecule has 4 rings (SSSR count). The van der Waals surface area contributed by atoms with Gasteiger partial charge in [-0.3, -0.25) is 4.79 Å². The molecule has 1 aliphatic carbocycles. The molecular weight excluding hydrogens is 390 g/mol. The van der Waals surface area contributed by atoms with Gasteiger partial charge >= 0.3 is 0 Å². The number of nitrogens with one attached hydrogen (secondary N) is 1. The van der Waals surface area contributed by atoms with Gasteiger partial charge in [0.2, 0.25) is 0 Å². The Bertz CT molecular complexity index is 968. The minimum absolute atomic E-state index is 0.0522. The van der Waals surface area contributed by atoms with Crippen LogP contribution in [0, 0.1) is 5.92 Å². The van der Waals surface area contributed by atoms with Crippen molar-refractivity contribution in [2.24, 2.45) is 5.92 Å². The second kappa shape index (κ2) is 11.1. The first-order valence-electron chi connectivity index (χ1n) is 12.3. The van der Waals surface area contributed by atoms with E-state index in [-0.39, 0.29) is 5.91 Å².